The van der Waals surface area contributed by atoms with Gasteiger partial charge in [-0.1, -0.05) is 6.92 Å². The van der Waals surface area contributed by atoms with Gasteiger partial charge < -0.3 is 10.1 Å². The lowest BCUT2D eigenvalue weighted by atomic mass is 10.2. The first-order valence-corrected chi connectivity index (χ1v) is 8.44. The van der Waals surface area contributed by atoms with Crippen molar-refractivity contribution in [2.75, 3.05) is 13.7 Å². The number of methoxy groups -OCH3 is 1. The number of thiazole rings is 1. The fourth-order valence-electron chi connectivity index (χ4n) is 1.99. The predicted molar refractivity (Wildman–Crippen MR) is 88.0 cm³/mol. The van der Waals surface area contributed by atoms with Gasteiger partial charge in [-0.25, -0.2) is 4.98 Å². The van der Waals surface area contributed by atoms with Crippen LogP contribution in [0.1, 0.15) is 34.5 Å². The van der Waals surface area contributed by atoms with Crippen LogP contribution in [0.2, 0.25) is 0 Å². The van der Waals surface area contributed by atoms with E-state index in [0.717, 1.165) is 20.5 Å². The summed E-state index contributed by atoms with van der Waals surface area (Å²) in [5.41, 5.74) is 1.05. The van der Waals surface area contributed by atoms with Gasteiger partial charge in [-0.2, -0.15) is 0 Å². The summed E-state index contributed by atoms with van der Waals surface area (Å²) in [6.45, 7) is 7.02. The molecule has 2 aromatic rings. The number of nitrogens with zero attached hydrogens (tertiary/aromatic N) is 1. The lowest BCUT2D eigenvalue weighted by Gasteiger charge is -2.04. The standard InChI is InChI=1S/C15H20N2O2S2/c1-9(8-19-4)15-17-14(10(2)20-15)13-6-5-12(21-13)7-16-11(3)18/h5-6,9H,7-8H2,1-4H3,(H,16,18)/t9-/m1/s1. The van der Waals surface area contributed by atoms with E-state index >= 15 is 0 Å². The molecular formula is C15H20N2O2S2. The lowest BCUT2D eigenvalue weighted by molar-refractivity contribution is -0.119. The number of carbonyl (C=O) groups excluding carboxylic acids is 1. The van der Waals surface area contributed by atoms with Gasteiger partial charge in [-0.05, 0) is 19.1 Å². The molecule has 0 aliphatic rings. The molecule has 0 radical (unpaired) electrons. The molecule has 6 heteroatoms. The van der Waals surface area contributed by atoms with Crippen LogP contribution in [-0.2, 0) is 16.1 Å². The summed E-state index contributed by atoms with van der Waals surface area (Å²) in [6, 6.07) is 4.13. The predicted octanol–water partition coefficient (Wildman–Crippen LogP) is 3.57. The SMILES string of the molecule is COC[C@@H](C)c1nc(-c2ccc(CNC(C)=O)s2)c(C)s1. The summed E-state index contributed by atoms with van der Waals surface area (Å²) >= 11 is 3.41. The van der Waals surface area contributed by atoms with Crippen molar-refractivity contribution in [1.29, 1.82) is 0 Å². The van der Waals surface area contributed by atoms with Crippen LogP contribution in [-0.4, -0.2) is 24.6 Å². The minimum atomic E-state index is -0.00883. The van der Waals surface area contributed by atoms with Gasteiger partial charge in [-0.3, -0.25) is 4.79 Å². The molecule has 0 unspecified atom stereocenters. The van der Waals surface area contributed by atoms with E-state index in [1.807, 2.05) is 6.07 Å². The zero-order valence-corrected chi connectivity index (χ0v) is 14.4. The third-order valence-electron chi connectivity index (χ3n) is 3.06. The summed E-state index contributed by atoms with van der Waals surface area (Å²) in [5, 5.41) is 3.93. The van der Waals surface area contributed by atoms with Crippen LogP contribution in [0, 0.1) is 6.92 Å². The number of amides is 1. The Morgan fingerprint density at radius 1 is 1.43 bits per heavy atom. The summed E-state index contributed by atoms with van der Waals surface area (Å²) in [5.74, 6) is 0.303. The van der Waals surface area contributed by atoms with Gasteiger partial charge in [-0.15, -0.1) is 22.7 Å². The molecule has 2 aromatic heterocycles. The minimum absolute atomic E-state index is 0.00883. The Labute approximate surface area is 133 Å². The van der Waals surface area contributed by atoms with Gasteiger partial charge in [0.2, 0.25) is 5.91 Å². The highest BCUT2D eigenvalue weighted by Gasteiger charge is 2.16. The zero-order chi connectivity index (χ0) is 15.4. The largest absolute Gasteiger partial charge is 0.384 e. The molecule has 0 bridgehead atoms. The van der Waals surface area contributed by atoms with Gasteiger partial charge in [0.25, 0.3) is 0 Å². The zero-order valence-electron chi connectivity index (χ0n) is 12.7. The smallest absolute Gasteiger partial charge is 0.217 e. The maximum atomic E-state index is 11.0. The van der Waals surface area contributed by atoms with Crippen LogP contribution < -0.4 is 5.32 Å². The van der Waals surface area contributed by atoms with Gasteiger partial charge in [0.05, 0.1) is 28.7 Å². The normalized spacial score (nSPS) is 12.4. The van der Waals surface area contributed by atoms with Crippen molar-refractivity contribution >= 4 is 28.6 Å². The first-order valence-electron chi connectivity index (χ1n) is 6.81. The molecule has 0 spiro atoms. The Morgan fingerprint density at radius 3 is 2.86 bits per heavy atom. The Bertz CT molecular complexity index is 619. The van der Waals surface area contributed by atoms with E-state index in [-0.39, 0.29) is 5.91 Å². The van der Waals surface area contributed by atoms with Gasteiger partial charge in [0, 0.05) is 29.7 Å². The van der Waals surface area contributed by atoms with Crippen molar-refractivity contribution < 1.29 is 9.53 Å². The summed E-state index contributed by atoms with van der Waals surface area (Å²) in [4.78, 5) is 19.2. The molecule has 21 heavy (non-hydrogen) atoms. The number of hydrogen-bond donors (Lipinski definition) is 1. The van der Waals surface area contributed by atoms with Crippen LogP contribution in [0.3, 0.4) is 0 Å². The molecule has 2 heterocycles. The van der Waals surface area contributed by atoms with Crippen LogP contribution in [0.25, 0.3) is 10.6 Å². The highest BCUT2D eigenvalue weighted by molar-refractivity contribution is 7.16. The Hall–Kier alpha value is -1.24. The lowest BCUT2D eigenvalue weighted by Crippen LogP contribution is -2.17. The molecule has 0 aliphatic heterocycles. The number of aromatic nitrogens is 1. The van der Waals surface area contributed by atoms with Crippen LogP contribution in [0.5, 0.6) is 0 Å². The van der Waals surface area contributed by atoms with Crippen molar-refractivity contribution in [3.63, 3.8) is 0 Å². The molecule has 1 N–H and O–H groups in total. The number of ether oxygens (including phenoxy) is 1. The van der Waals surface area contributed by atoms with E-state index in [4.69, 9.17) is 9.72 Å². The minimum Gasteiger partial charge on any atom is -0.384 e. The second kappa shape index (κ2) is 7.15. The molecule has 0 saturated heterocycles. The Kier molecular flexibility index (Phi) is 5.50. The van der Waals surface area contributed by atoms with Crippen molar-refractivity contribution in [1.82, 2.24) is 10.3 Å². The molecule has 4 nitrogen and oxygen atoms in total. The van der Waals surface area contributed by atoms with E-state index in [1.54, 1.807) is 29.8 Å². The first kappa shape index (κ1) is 16.1. The first-order chi connectivity index (χ1) is 10.0. The average molecular weight is 324 g/mol. The van der Waals surface area contributed by atoms with Gasteiger partial charge in [0.1, 0.15) is 0 Å². The number of thiophene rings is 1. The van der Waals surface area contributed by atoms with Crippen molar-refractivity contribution in [2.45, 2.75) is 33.2 Å². The fourth-order valence-corrected chi connectivity index (χ4v) is 4.02. The topological polar surface area (TPSA) is 51.2 Å². The molecule has 1 amide bonds. The summed E-state index contributed by atoms with van der Waals surface area (Å²) in [7, 11) is 1.71. The van der Waals surface area contributed by atoms with E-state index in [9.17, 15) is 4.79 Å². The van der Waals surface area contributed by atoms with Crippen LogP contribution in [0.4, 0.5) is 0 Å². The molecule has 0 aromatic carbocycles. The molecule has 2 rings (SSSR count). The average Bonchev–Trinajstić information content (AvgIpc) is 3.03. The van der Waals surface area contributed by atoms with Crippen molar-refractivity contribution in [3.8, 4) is 10.6 Å². The van der Waals surface area contributed by atoms with Crippen LogP contribution in [0.15, 0.2) is 12.1 Å². The quantitative estimate of drug-likeness (QED) is 0.884. The second-order valence-corrected chi connectivity index (χ2v) is 7.39. The van der Waals surface area contributed by atoms with E-state index in [1.165, 1.54) is 11.8 Å². The summed E-state index contributed by atoms with van der Waals surface area (Å²) < 4.78 is 5.20. The number of rotatable bonds is 6. The molecule has 114 valence electrons. The summed E-state index contributed by atoms with van der Waals surface area (Å²) in [6.07, 6.45) is 0. The third-order valence-corrected chi connectivity index (χ3v) is 5.35. The molecule has 0 aliphatic carbocycles. The Morgan fingerprint density at radius 2 is 2.19 bits per heavy atom. The number of carbonyl (C=O) groups is 1. The highest BCUT2D eigenvalue weighted by atomic mass is 32.1. The van der Waals surface area contributed by atoms with E-state index in [0.29, 0.717) is 19.1 Å². The van der Waals surface area contributed by atoms with Gasteiger partial charge >= 0.3 is 0 Å². The maximum Gasteiger partial charge on any atom is 0.217 e. The molecule has 0 saturated carbocycles. The van der Waals surface area contributed by atoms with Crippen molar-refractivity contribution in [2.24, 2.45) is 0 Å². The van der Waals surface area contributed by atoms with E-state index < -0.39 is 0 Å². The number of aryl methyl sites for hydroxylation is 1. The monoisotopic (exact) mass is 324 g/mol. The highest BCUT2D eigenvalue weighted by Crippen LogP contribution is 2.35. The maximum absolute atomic E-state index is 11.0. The van der Waals surface area contributed by atoms with Crippen molar-refractivity contribution in [3.05, 3.63) is 26.9 Å². The van der Waals surface area contributed by atoms with E-state index in [2.05, 4.69) is 25.2 Å². The number of hydrogen-bond acceptors (Lipinski definition) is 5. The second-order valence-electron chi connectivity index (χ2n) is 4.99. The Balaban J connectivity index is 2.16. The van der Waals surface area contributed by atoms with Gasteiger partial charge in [0.15, 0.2) is 0 Å². The number of nitrogens with one attached hydrogen (secondary N) is 1. The molecular weight excluding hydrogens is 304 g/mol. The third kappa shape index (κ3) is 4.12. The fraction of sp³-hybridized carbons (Fsp3) is 0.467. The van der Waals surface area contributed by atoms with Crippen LogP contribution >= 0.6 is 22.7 Å². The molecule has 1 atom stereocenters. The molecule has 0 fully saturated rings.